The van der Waals surface area contributed by atoms with E-state index in [4.69, 9.17) is 11.6 Å². The lowest BCUT2D eigenvalue weighted by Gasteiger charge is -2.43. The molecule has 5 rings (SSSR count). The fourth-order valence-electron chi connectivity index (χ4n) is 5.54. The van der Waals surface area contributed by atoms with Crippen LogP contribution in [0.1, 0.15) is 59.5 Å². The third-order valence-electron chi connectivity index (χ3n) is 7.20. The van der Waals surface area contributed by atoms with Gasteiger partial charge in [0.25, 0.3) is 0 Å². The van der Waals surface area contributed by atoms with Gasteiger partial charge in [0, 0.05) is 11.6 Å². The van der Waals surface area contributed by atoms with Crippen LogP contribution in [0.2, 0.25) is 5.02 Å². The number of hydrogen-bond acceptors (Lipinski definition) is 1. The Bertz CT molecular complexity index is 1080. The van der Waals surface area contributed by atoms with Crippen molar-refractivity contribution in [3.05, 3.63) is 106 Å². The number of aryl methyl sites for hydroxylation is 1. The topological polar surface area (TPSA) is 20.3 Å². The third-order valence-corrected chi connectivity index (χ3v) is 7.45. The van der Waals surface area contributed by atoms with Crippen LogP contribution in [-0.4, -0.2) is 17.4 Å². The van der Waals surface area contributed by atoms with Crippen LogP contribution in [0.15, 0.2) is 72.8 Å². The lowest BCUT2D eigenvalue weighted by Crippen LogP contribution is -2.49. The molecule has 158 valence electrons. The third kappa shape index (κ3) is 3.57. The second-order valence-electron chi connectivity index (χ2n) is 9.06. The van der Waals surface area contributed by atoms with Gasteiger partial charge in [-0.25, -0.2) is 0 Å². The summed E-state index contributed by atoms with van der Waals surface area (Å²) < 4.78 is 0. The lowest BCUT2D eigenvalue weighted by atomic mass is 9.76. The van der Waals surface area contributed by atoms with Gasteiger partial charge in [-0.2, -0.15) is 0 Å². The van der Waals surface area contributed by atoms with Crippen LogP contribution in [0.25, 0.3) is 0 Å². The molecule has 3 aromatic carbocycles. The Morgan fingerprint density at radius 1 is 0.935 bits per heavy atom. The van der Waals surface area contributed by atoms with Crippen LogP contribution in [0, 0.1) is 6.92 Å². The summed E-state index contributed by atoms with van der Waals surface area (Å²) in [6.45, 7) is 2.86. The highest BCUT2D eigenvalue weighted by molar-refractivity contribution is 6.30. The molecule has 31 heavy (non-hydrogen) atoms. The van der Waals surface area contributed by atoms with Gasteiger partial charge in [-0.15, -0.1) is 0 Å². The molecule has 0 saturated heterocycles. The summed E-state index contributed by atoms with van der Waals surface area (Å²) in [6, 6.07) is 25.2. The number of hydrogen-bond donors (Lipinski definition) is 0. The van der Waals surface area contributed by atoms with Crippen molar-refractivity contribution in [3.63, 3.8) is 0 Å². The van der Waals surface area contributed by atoms with Crippen molar-refractivity contribution in [3.8, 4) is 0 Å². The summed E-state index contributed by atoms with van der Waals surface area (Å²) in [5, 5.41) is 0.716. The molecule has 1 aliphatic carbocycles. The average Bonchev–Trinajstić information content (AvgIpc) is 3.30. The number of benzene rings is 3. The van der Waals surface area contributed by atoms with Crippen molar-refractivity contribution in [1.29, 1.82) is 0 Å². The van der Waals surface area contributed by atoms with E-state index in [0.717, 1.165) is 44.2 Å². The molecule has 0 radical (unpaired) electrons. The van der Waals surface area contributed by atoms with E-state index in [2.05, 4.69) is 72.5 Å². The van der Waals surface area contributed by atoms with E-state index in [-0.39, 0.29) is 11.9 Å². The molecule has 0 aromatic heterocycles. The molecule has 0 N–H and O–H groups in total. The monoisotopic (exact) mass is 429 g/mol. The minimum absolute atomic E-state index is 0.0391. The van der Waals surface area contributed by atoms with Gasteiger partial charge in [0.1, 0.15) is 0 Å². The van der Waals surface area contributed by atoms with Crippen molar-refractivity contribution >= 4 is 17.5 Å². The van der Waals surface area contributed by atoms with E-state index in [1.54, 1.807) is 0 Å². The first kappa shape index (κ1) is 20.3. The highest BCUT2D eigenvalue weighted by atomic mass is 35.5. The second kappa shape index (κ2) is 8.16. The summed E-state index contributed by atoms with van der Waals surface area (Å²) >= 11 is 6.17. The van der Waals surface area contributed by atoms with Crippen molar-refractivity contribution in [2.75, 3.05) is 6.54 Å². The van der Waals surface area contributed by atoms with Crippen LogP contribution in [0.5, 0.6) is 0 Å². The molecule has 0 bridgehead atoms. The molecule has 3 heteroatoms. The molecule has 1 aliphatic heterocycles. The minimum Gasteiger partial charge on any atom is -0.330 e. The maximum atomic E-state index is 14.4. The standard InChI is InChI=1S/C28H28ClNO/c1-20-8-10-22(11-9-20)26-25-7-3-2-6-21(25)16-19-30(26)27(31)28(17-4-5-18-28)23-12-14-24(29)15-13-23/h2-3,6-15,26H,4-5,16-19H2,1H3/t26-/m1/s1. The lowest BCUT2D eigenvalue weighted by molar-refractivity contribution is -0.139. The molecule has 1 atom stereocenters. The zero-order valence-electron chi connectivity index (χ0n) is 18.0. The predicted molar refractivity (Wildman–Crippen MR) is 126 cm³/mol. The van der Waals surface area contributed by atoms with Crippen LogP contribution in [0.3, 0.4) is 0 Å². The van der Waals surface area contributed by atoms with Crippen LogP contribution in [0.4, 0.5) is 0 Å². The molecule has 1 amide bonds. The SMILES string of the molecule is Cc1ccc([C@@H]2c3ccccc3CCN2C(=O)C2(c3ccc(Cl)cc3)CCCC2)cc1. The first-order chi connectivity index (χ1) is 15.1. The Balaban J connectivity index is 1.60. The number of carbonyl (C=O) groups is 1. The van der Waals surface area contributed by atoms with Crippen LogP contribution in [-0.2, 0) is 16.6 Å². The number of fused-ring (bicyclic) bond motifs is 1. The summed E-state index contributed by atoms with van der Waals surface area (Å²) in [5.74, 6) is 0.271. The Hall–Kier alpha value is -2.58. The summed E-state index contributed by atoms with van der Waals surface area (Å²) in [4.78, 5) is 16.5. The molecule has 2 aliphatic rings. The summed E-state index contributed by atoms with van der Waals surface area (Å²) in [5.41, 5.74) is 5.70. The van der Waals surface area contributed by atoms with Gasteiger partial charge in [-0.1, -0.05) is 90.7 Å². The maximum absolute atomic E-state index is 14.4. The number of rotatable bonds is 3. The second-order valence-corrected chi connectivity index (χ2v) is 9.49. The first-order valence-corrected chi connectivity index (χ1v) is 11.7. The van der Waals surface area contributed by atoms with Gasteiger partial charge >= 0.3 is 0 Å². The maximum Gasteiger partial charge on any atom is 0.234 e. The fraction of sp³-hybridized carbons (Fsp3) is 0.321. The highest BCUT2D eigenvalue weighted by Crippen LogP contribution is 2.46. The Morgan fingerprint density at radius 2 is 1.61 bits per heavy atom. The van der Waals surface area contributed by atoms with E-state index in [0.29, 0.717) is 5.02 Å². The van der Waals surface area contributed by atoms with E-state index < -0.39 is 5.41 Å². The largest absolute Gasteiger partial charge is 0.330 e. The van der Waals surface area contributed by atoms with Gasteiger partial charge in [-0.3, -0.25) is 4.79 Å². The van der Waals surface area contributed by atoms with E-state index in [1.807, 2.05) is 12.1 Å². The van der Waals surface area contributed by atoms with Crippen molar-refractivity contribution < 1.29 is 4.79 Å². The Kier molecular flexibility index (Phi) is 5.35. The van der Waals surface area contributed by atoms with E-state index >= 15 is 0 Å². The van der Waals surface area contributed by atoms with Gasteiger partial charge < -0.3 is 4.90 Å². The van der Waals surface area contributed by atoms with Crippen LogP contribution >= 0.6 is 11.6 Å². The first-order valence-electron chi connectivity index (χ1n) is 11.3. The quantitative estimate of drug-likeness (QED) is 0.457. The van der Waals surface area contributed by atoms with Crippen molar-refractivity contribution in [2.45, 2.75) is 50.5 Å². The summed E-state index contributed by atoms with van der Waals surface area (Å²) in [7, 11) is 0. The van der Waals surface area contributed by atoms with E-state index in [9.17, 15) is 4.79 Å². The van der Waals surface area contributed by atoms with Crippen LogP contribution < -0.4 is 0 Å². The Morgan fingerprint density at radius 3 is 2.32 bits per heavy atom. The summed E-state index contributed by atoms with van der Waals surface area (Å²) in [6.07, 6.45) is 4.90. The van der Waals surface area contributed by atoms with Gasteiger partial charge in [-0.05, 0) is 60.6 Å². The molecular formula is C28H28ClNO. The molecule has 1 heterocycles. The highest BCUT2D eigenvalue weighted by Gasteiger charge is 2.47. The van der Waals surface area contributed by atoms with E-state index in [1.165, 1.54) is 22.3 Å². The molecule has 1 saturated carbocycles. The number of halogens is 1. The van der Waals surface area contributed by atoms with Crippen molar-refractivity contribution in [1.82, 2.24) is 4.90 Å². The average molecular weight is 430 g/mol. The molecule has 2 nitrogen and oxygen atoms in total. The van der Waals surface area contributed by atoms with Gasteiger partial charge in [0.2, 0.25) is 5.91 Å². The van der Waals surface area contributed by atoms with Crippen molar-refractivity contribution in [2.24, 2.45) is 0 Å². The smallest absolute Gasteiger partial charge is 0.234 e. The predicted octanol–water partition coefficient (Wildman–Crippen LogP) is 6.63. The minimum atomic E-state index is -0.445. The Labute approximate surface area is 189 Å². The fourth-order valence-corrected chi connectivity index (χ4v) is 5.67. The number of carbonyl (C=O) groups excluding carboxylic acids is 1. The van der Waals surface area contributed by atoms with Gasteiger partial charge in [0.05, 0.1) is 11.5 Å². The normalized spacial score (nSPS) is 19.8. The molecule has 0 spiro atoms. The molecular weight excluding hydrogens is 402 g/mol. The molecule has 0 unspecified atom stereocenters. The zero-order chi connectivity index (χ0) is 21.4. The zero-order valence-corrected chi connectivity index (χ0v) is 18.7. The number of amides is 1. The number of nitrogens with zero attached hydrogens (tertiary/aromatic N) is 1. The molecule has 3 aromatic rings. The van der Waals surface area contributed by atoms with Gasteiger partial charge in [0.15, 0.2) is 0 Å². The molecule has 1 fully saturated rings.